The lowest BCUT2D eigenvalue weighted by Gasteiger charge is -2.34. The molecule has 2 aromatic carbocycles. The van der Waals surface area contributed by atoms with Crippen LogP contribution in [0, 0.1) is 10.1 Å². The molecule has 4 rings (SSSR count). The van der Waals surface area contributed by atoms with Crippen molar-refractivity contribution >= 4 is 35.0 Å². The molecule has 1 unspecified atom stereocenters. The fourth-order valence-corrected chi connectivity index (χ4v) is 4.39. The third kappa shape index (κ3) is 4.34. The normalized spacial score (nSPS) is 16.1. The lowest BCUT2D eigenvalue weighted by atomic mass is 9.96. The van der Waals surface area contributed by atoms with Crippen LogP contribution in [0.4, 0.5) is 17.1 Å². The first-order valence-corrected chi connectivity index (χ1v) is 11.3. The minimum atomic E-state index is -0.668. The van der Waals surface area contributed by atoms with Crippen molar-refractivity contribution in [3.05, 3.63) is 75.5 Å². The largest absolute Gasteiger partial charge is 0.466 e. The molecule has 0 aliphatic carbocycles. The van der Waals surface area contributed by atoms with Gasteiger partial charge < -0.3 is 14.4 Å². The molecule has 10 heteroatoms. The number of nitrogens with zero attached hydrogens (tertiary/aromatic N) is 4. The first kappa shape index (κ1) is 23.9. The maximum Gasteiger partial charge on any atom is 0.337 e. The molecule has 0 saturated carbocycles. The summed E-state index contributed by atoms with van der Waals surface area (Å²) in [5, 5.41) is 11.2. The number of benzene rings is 2. The van der Waals surface area contributed by atoms with E-state index in [1.165, 1.54) is 32.6 Å². The van der Waals surface area contributed by atoms with Crippen LogP contribution in [-0.2, 0) is 14.3 Å². The maximum absolute atomic E-state index is 12.8. The second-order valence-electron chi connectivity index (χ2n) is 8.18. The van der Waals surface area contributed by atoms with Crippen LogP contribution in [0.3, 0.4) is 0 Å². The van der Waals surface area contributed by atoms with Crippen molar-refractivity contribution in [3.63, 3.8) is 0 Å². The zero-order valence-corrected chi connectivity index (χ0v) is 19.8. The Morgan fingerprint density at radius 1 is 1.03 bits per heavy atom. The van der Waals surface area contributed by atoms with Crippen molar-refractivity contribution in [2.75, 3.05) is 30.6 Å². The summed E-state index contributed by atoms with van der Waals surface area (Å²) >= 11 is 0. The molecular weight excluding hydrogens is 452 g/mol. The molecule has 0 bridgehead atoms. The number of anilines is 2. The zero-order valence-electron chi connectivity index (χ0n) is 19.8. The van der Waals surface area contributed by atoms with Crippen LogP contribution in [-0.4, -0.2) is 43.6 Å². The number of methoxy groups -OCH3 is 2. The molecule has 0 fully saturated rings. The van der Waals surface area contributed by atoms with Gasteiger partial charge in [-0.3, -0.25) is 15.0 Å². The van der Waals surface area contributed by atoms with E-state index >= 15 is 0 Å². The number of ether oxygens (including phenoxy) is 2. The van der Waals surface area contributed by atoms with Crippen molar-refractivity contribution in [2.24, 2.45) is 4.99 Å². The van der Waals surface area contributed by atoms with Crippen molar-refractivity contribution in [1.82, 2.24) is 0 Å². The van der Waals surface area contributed by atoms with Gasteiger partial charge in [-0.05, 0) is 42.3 Å². The molecule has 2 aliphatic heterocycles. The van der Waals surface area contributed by atoms with Crippen LogP contribution >= 0.6 is 0 Å². The van der Waals surface area contributed by atoms with E-state index in [0.29, 0.717) is 29.3 Å². The Kier molecular flexibility index (Phi) is 6.81. The number of esters is 2. The lowest BCUT2D eigenvalue weighted by Crippen LogP contribution is -2.44. The van der Waals surface area contributed by atoms with Crippen LogP contribution in [0.5, 0.6) is 0 Å². The highest BCUT2D eigenvalue weighted by Crippen LogP contribution is 2.47. The second kappa shape index (κ2) is 9.96. The Morgan fingerprint density at radius 3 is 2.37 bits per heavy atom. The average Bonchev–Trinajstić information content (AvgIpc) is 3.20. The Balaban J connectivity index is 1.88. The fraction of sp³-hybridized carbons (Fsp3) is 0.320. The predicted molar refractivity (Wildman–Crippen MR) is 131 cm³/mol. The van der Waals surface area contributed by atoms with E-state index in [9.17, 15) is 19.7 Å². The molecular formula is C25H26N4O6. The lowest BCUT2D eigenvalue weighted by molar-refractivity contribution is -0.384. The van der Waals surface area contributed by atoms with E-state index in [4.69, 9.17) is 9.47 Å². The highest BCUT2D eigenvalue weighted by atomic mass is 16.6. The molecule has 0 radical (unpaired) electrons. The summed E-state index contributed by atoms with van der Waals surface area (Å²) in [7, 11) is 2.61. The van der Waals surface area contributed by atoms with E-state index in [-0.39, 0.29) is 11.3 Å². The van der Waals surface area contributed by atoms with Gasteiger partial charge in [-0.2, -0.15) is 0 Å². The van der Waals surface area contributed by atoms with E-state index in [0.717, 1.165) is 24.9 Å². The molecule has 0 spiro atoms. The van der Waals surface area contributed by atoms with Gasteiger partial charge in [0.1, 0.15) is 0 Å². The van der Waals surface area contributed by atoms with Crippen molar-refractivity contribution in [1.29, 1.82) is 0 Å². The summed E-state index contributed by atoms with van der Waals surface area (Å²) in [6.45, 7) is 2.82. The van der Waals surface area contributed by atoms with Crippen LogP contribution in [0.25, 0.3) is 0 Å². The number of unbranched alkanes of at least 4 members (excludes halogenated alkanes) is 2. The maximum atomic E-state index is 12.8. The third-order valence-corrected chi connectivity index (χ3v) is 6.10. The fourth-order valence-electron chi connectivity index (χ4n) is 4.39. The first-order valence-electron chi connectivity index (χ1n) is 11.3. The molecule has 182 valence electrons. The highest BCUT2D eigenvalue weighted by Gasteiger charge is 2.43. The number of fused-ring (bicyclic) bond motifs is 3. The molecule has 2 heterocycles. The second-order valence-corrected chi connectivity index (χ2v) is 8.18. The summed E-state index contributed by atoms with van der Waals surface area (Å²) in [5.41, 5.74) is 2.75. The SMILES string of the molecule is CCCCCN1C2=NC=C(C(=O)OC)C(c3ccc([N+](=O)[O-])cc3)N2c2cc(C(=O)OC)ccc21. The standard InChI is InChI=1S/C25H26N4O6/c1-4-5-6-13-27-20-12-9-17(23(30)34-2)14-21(20)28-22(16-7-10-18(11-8-16)29(32)33)19(24(31)35-3)15-26-25(27)28/h7-12,14-15,22H,4-6,13H2,1-3H3. The number of non-ortho nitro benzene ring substituents is 1. The Morgan fingerprint density at radius 2 is 1.74 bits per heavy atom. The summed E-state index contributed by atoms with van der Waals surface area (Å²) < 4.78 is 9.94. The van der Waals surface area contributed by atoms with Crippen molar-refractivity contribution in [2.45, 2.75) is 32.2 Å². The summed E-state index contributed by atoms with van der Waals surface area (Å²) in [4.78, 5) is 44.3. The van der Waals surface area contributed by atoms with Crippen LogP contribution < -0.4 is 9.80 Å². The Hall–Kier alpha value is -4.21. The number of hydrogen-bond donors (Lipinski definition) is 0. The predicted octanol–water partition coefficient (Wildman–Crippen LogP) is 4.37. The van der Waals surface area contributed by atoms with Crippen LogP contribution in [0.2, 0.25) is 0 Å². The summed E-state index contributed by atoms with van der Waals surface area (Å²) in [5.74, 6) is -0.441. The minimum Gasteiger partial charge on any atom is -0.466 e. The van der Waals surface area contributed by atoms with E-state index < -0.39 is 22.9 Å². The molecule has 0 saturated heterocycles. The molecule has 0 amide bonds. The van der Waals surface area contributed by atoms with Gasteiger partial charge in [-0.25, -0.2) is 14.6 Å². The van der Waals surface area contributed by atoms with Gasteiger partial charge in [-0.1, -0.05) is 19.8 Å². The number of rotatable bonds is 8. The van der Waals surface area contributed by atoms with Gasteiger partial charge in [0.25, 0.3) is 5.69 Å². The zero-order chi connectivity index (χ0) is 25.1. The smallest absolute Gasteiger partial charge is 0.337 e. The summed E-state index contributed by atoms with van der Waals surface area (Å²) in [6, 6.07) is 10.6. The van der Waals surface area contributed by atoms with Crippen LogP contribution in [0.1, 0.15) is 48.1 Å². The van der Waals surface area contributed by atoms with Crippen LogP contribution in [0.15, 0.2) is 59.2 Å². The van der Waals surface area contributed by atoms with Gasteiger partial charge in [-0.15, -0.1) is 0 Å². The Bertz CT molecular complexity index is 1220. The number of carbonyl (C=O) groups is 2. The molecule has 0 aromatic heterocycles. The molecule has 2 aliphatic rings. The molecule has 35 heavy (non-hydrogen) atoms. The monoisotopic (exact) mass is 478 g/mol. The van der Waals surface area contributed by atoms with E-state index in [2.05, 4.69) is 16.8 Å². The topological polar surface area (TPSA) is 115 Å². The van der Waals surface area contributed by atoms with Gasteiger partial charge in [0, 0.05) is 24.9 Å². The first-order chi connectivity index (χ1) is 16.9. The van der Waals surface area contributed by atoms with Crippen molar-refractivity contribution < 1.29 is 24.0 Å². The number of carbonyl (C=O) groups excluding carboxylic acids is 2. The van der Waals surface area contributed by atoms with Gasteiger partial charge in [0.05, 0.1) is 47.7 Å². The van der Waals surface area contributed by atoms with Gasteiger partial charge >= 0.3 is 11.9 Å². The van der Waals surface area contributed by atoms with Crippen molar-refractivity contribution in [3.8, 4) is 0 Å². The van der Waals surface area contributed by atoms with E-state index in [1.54, 1.807) is 24.3 Å². The summed E-state index contributed by atoms with van der Waals surface area (Å²) in [6.07, 6.45) is 4.51. The quantitative estimate of drug-likeness (QED) is 0.238. The number of guanidine groups is 1. The molecule has 2 aromatic rings. The Labute approximate surface area is 202 Å². The highest BCUT2D eigenvalue weighted by molar-refractivity contribution is 6.19. The number of hydrogen-bond acceptors (Lipinski definition) is 9. The number of aliphatic imine (C=N–C) groups is 1. The average molecular weight is 479 g/mol. The molecule has 0 N–H and O–H groups in total. The molecule has 1 atom stereocenters. The third-order valence-electron chi connectivity index (χ3n) is 6.10. The molecule has 10 nitrogen and oxygen atoms in total. The van der Waals surface area contributed by atoms with E-state index in [1.807, 2.05) is 11.0 Å². The minimum absolute atomic E-state index is 0.0574. The number of nitro groups is 1. The van der Waals surface area contributed by atoms with Gasteiger partial charge in [0.2, 0.25) is 5.96 Å². The number of nitro benzene ring substituents is 1. The van der Waals surface area contributed by atoms with Gasteiger partial charge in [0.15, 0.2) is 0 Å².